The third-order valence-corrected chi connectivity index (χ3v) is 2.93. The largest absolute Gasteiger partial charge is 0.354 e. The number of anilines is 2. The molecule has 2 aromatic rings. The maximum Gasteiger partial charge on any atom is 0.341 e. The van der Waals surface area contributed by atoms with Gasteiger partial charge in [-0.05, 0) is 11.4 Å². The molecule has 3 heterocycles. The Hall–Kier alpha value is -1.95. The van der Waals surface area contributed by atoms with Crippen LogP contribution in [-0.2, 0) is 0 Å². The van der Waals surface area contributed by atoms with E-state index in [0.717, 1.165) is 16.3 Å². The van der Waals surface area contributed by atoms with E-state index in [0.29, 0.717) is 5.82 Å². The van der Waals surface area contributed by atoms with E-state index in [1.54, 1.807) is 17.7 Å². The number of fused-ring (bicyclic) bond motifs is 1. The molecule has 0 atom stereocenters. The van der Waals surface area contributed by atoms with Crippen LogP contribution in [0.3, 0.4) is 0 Å². The van der Waals surface area contributed by atoms with Gasteiger partial charge in [0.05, 0.1) is 4.88 Å². The lowest BCUT2D eigenvalue weighted by Gasteiger charge is -1.99. The Morgan fingerprint density at radius 2 is 2.33 bits per heavy atom. The molecule has 73 valence electrons. The number of nitrogen functional groups attached to an aromatic ring is 1. The van der Waals surface area contributed by atoms with Gasteiger partial charge in [-0.25, -0.2) is 0 Å². The second-order valence-electron chi connectivity index (χ2n) is 3.01. The zero-order valence-electron chi connectivity index (χ0n) is 7.64. The first-order valence-electron chi connectivity index (χ1n) is 4.35. The van der Waals surface area contributed by atoms with Crippen molar-refractivity contribution in [3.8, 4) is 10.6 Å². The molecule has 15 heavy (non-hydrogen) atoms. The van der Waals surface area contributed by atoms with Crippen LogP contribution in [-0.4, -0.2) is 16.3 Å². The average Bonchev–Trinajstić information content (AvgIpc) is 2.86. The van der Waals surface area contributed by atoms with Crippen molar-refractivity contribution in [2.45, 2.75) is 0 Å². The number of hydrogen-bond acceptors (Lipinski definition) is 6. The van der Waals surface area contributed by atoms with Crippen LogP contribution in [0.25, 0.3) is 10.6 Å². The number of nitrogens with two attached hydrogens (primary N) is 1. The molecule has 6 heteroatoms. The first kappa shape index (κ1) is 8.37. The predicted octanol–water partition coefficient (Wildman–Crippen LogP) is 1.21. The van der Waals surface area contributed by atoms with Gasteiger partial charge in [0, 0.05) is 0 Å². The summed E-state index contributed by atoms with van der Waals surface area (Å²) < 4.78 is 0. The number of aliphatic imine (C=N–C) groups is 1. The van der Waals surface area contributed by atoms with Gasteiger partial charge >= 0.3 is 5.82 Å². The molecular weight excluding hydrogens is 210 g/mol. The van der Waals surface area contributed by atoms with Gasteiger partial charge in [0.1, 0.15) is 5.69 Å². The predicted molar refractivity (Wildman–Crippen MR) is 61.2 cm³/mol. The summed E-state index contributed by atoms with van der Waals surface area (Å²) in [6, 6.07) is 3.97. The maximum atomic E-state index is 5.62. The van der Waals surface area contributed by atoms with Crippen LogP contribution in [0.5, 0.6) is 0 Å². The number of aromatic nitrogens is 2. The van der Waals surface area contributed by atoms with Crippen molar-refractivity contribution in [2.75, 3.05) is 11.1 Å². The van der Waals surface area contributed by atoms with Gasteiger partial charge in [0.15, 0.2) is 0 Å². The first-order chi connectivity index (χ1) is 7.34. The van der Waals surface area contributed by atoms with Crippen LogP contribution in [0.4, 0.5) is 17.5 Å². The number of rotatable bonds is 1. The molecule has 3 rings (SSSR count). The van der Waals surface area contributed by atoms with Crippen molar-refractivity contribution in [3.05, 3.63) is 17.5 Å². The molecule has 0 aliphatic carbocycles. The van der Waals surface area contributed by atoms with E-state index in [2.05, 4.69) is 20.3 Å². The minimum absolute atomic E-state index is 0.248. The van der Waals surface area contributed by atoms with E-state index in [1.807, 2.05) is 17.5 Å². The van der Waals surface area contributed by atoms with E-state index in [9.17, 15) is 0 Å². The van der Waals surface area contributed by atoms with Crippen LogP contribution in [0.15, 0.2) is 17.5 Å². The van der Waals surface area contributed by atoms with Gasteiger partial charge in [-0.15, -0.1) is 11.3 Å². The standard InChI is InChI=1S/C9H7N5S/c10-9-13-6(5-2-1-3-15-5)7-8(14-9)12-4-11-7/h1-4,11H,(H2,10,13,14)/q+1. The second-order valence-corrected chi connectivity index (χ2v) is 3.96. The van der Waals surface area contributed by atoms with Gasteiger partial charge in [-0.3, -0.25) is 5.32 Å². The molecule has 1 aliphatic heterocycles. The lowest BCUT2D eigenvalue weighted by molar-refractivity contribution is 1.16. The van der Waals surface area contributed by atoms with Crippen molar-refractivity contribution < 1.29 is 0 Å². The van der Waals surface area contributed by atoms with Crippen molar-refractivity contribution in [1.82, 2.24) is 15.0 Å². The Labute approximate surface area is 89.7 Å². The average molecular weight is 217 g/mol. The van der Waals surface area contributed by atoms with Crippen molar-refractivity contribution >= 4 is 35.1 Å². The SMILES string of the molecule is Nc1nc2c(c(-c3cccs3)n1)NC=[N+]2. The fourth-order valence-corrected chi connectivity index (χ4v) is 2.16. The number of hydrogen-bond donors (Lipinski definition) is 2. The Bertz CT molecular complexity index is 532. The number of thiophene rings is 1. The second kappa shape index (κ2) is 3.03. The summed E-state index contributed by atoms with van der Waals surface area (Å²) in [5, 5.41) is 5.01. The van der Waals surface area contributed by atoms with Gasteiger partial charge < -0.3 is 5.73 Å². The Morgan fingerprint density at radius 1 is 1.40 bits per heavy atom. The van der Waals surface area contributed by atoms with Gasteiger partial charge in [0.2, 0.25) is 12.0 Å². The quantitative estimate of drug-likeness (QED) is 0.752. The van der Waals surface area contributed by atoms with Gasteiger partial charge in [-0.1, -0.05) is 16.0 Å². The van der Waals surface area contributed by atoms with E-state index in [1.165, 1.54) is 0 Å². The molecule has 5 nitrogen and oxygen atoms in total. The topological polar surface area (TPSA) is 77.9 Å². The van der Waals surface area contributed by atoms with Crippen molar-refractivity contribution in [2.24, 2.45) is 0 Å². The summed E-state index contributed by atoms with van der Waals surface area (Å²) in [5.41, 5.74) is 7.25. The van der Waals surface area contributed by atoms with Crippen molar-refractivity contribution in [1.29, 1.82) is 0 Å². The maximum absolute atomic E-state index is 5.62. The van der Waals surface area contributed by atoms with Gasteiger partial charge in [0.25, 0.3) is 5.95 Å². The molecular formula is C9H7N5S+. The fourth-order valence-electron chi connectivity index (χ4n) is 1.44. The third-order valence-electron chi connectivity index (χ3n) is 2.06. The molecule has 1 aliphatic rings. The van der Waals surface area contributed by atoms with E-state index in [-0.39, 0.29) is 5.95 Å². The van der Waals surface area contributed by atoms with Crippen LogP contribution in [0, 0.1) is 0 Å². The minimum atomic E-state index is 0.248. The van der Waals surface area contributed by atoms with Gasteiger partial charge in [-0.2, -0.15) is 4.98 Å². The van der Waals surface area contributed by atoms with Crippen LogP contribution >= 0.6 is 11.3 Å². The summed E-state index contributed by atoms with van der Waals surface area (Å²) >= 11 is 1.61. The highest BCUT2D eigenvalue weighted by Gasteiger charge is 2.25. The summed E-state index contributed by atoms with van der Waals surface area (Å²) in [6.45, 7) is 0. The summed E-state index contributed by atoms with van der Waals surface area (Å²) in [7, 11) is 0. The number of nitrogens with one attached hydrogen (secondary N) is 1. The zero-order chi connectivity index (χ0) is 10.3. The smallest absolute Gasteiger partial charge is 0.341 e. The zero-order valence-corrected chi connectivity index (χ0v) is 8.45. The molecule has 0 aromatic carbocycles. The lowest BCUT2D eigenvalue weighted by atomic mass is 10.3. The van der Waals surface area contributed by atoms with Crippen LogP contribution < -0.4 is 16.0 Å². The summed E-state index contributed by atoms with van der Waals surface area (Å²) in [5.74, 6) is 0.851. The van der Waals surface area contributed by atoms with Crippen LogP contribution in [0.2, 0.25) is 0 Å². The molecule has 0 saturated heterocycles. The first-order valence-corrected chi connectivity index (χ1v) is 5.23. The molecule has 0 bridgehead atoms. The summed E-state index contributed by atoms with van der Waals surface area (Å²) in [6.07, 6.45) is 1.59. The lowest BCUT2D eigenvalue weighted by Crippen LogP contribution is -1.99. The molecule has 0 saturated carbocycles. The molecule has 0 spiro atoms. The summed E-state index contributed by atoms with van der Waals surface area (Å²) in [4.78, 5) is 13.4. The molecule has 1 radical (unpaired) electrons. The Kier molecular flexibility index (Phi) is 1.69. The van der Waals surface area contributed by atoms with Crippen LogP contribution in [0.1, 0.15) is 0 Å². The molecule has 0 amide bonds. The highest BCUT2D eigenvalue weighted by molar-refractivity contribution is 7.13. The highest BCUT2D eigenvalue weighted by Crippen LogP contribution is 2.35. The molecule has 3 N–H and O–H groups in total. The monoisotopic (exact) mass is 217 g/mol. The Balaban J connectivity index is 2.25. The molecule has 2 aromatic heterocycles. The highest BCUT2D eigenvalue weighted by atomic mass is 32.1. The Morgan fingerprint density at radius 3 is 3.13 bits per heavy atom. The van der Waals surface area contributed by atoms with E-state index in [4.69, 9.17) is 5.73 Å². The fraction of sp³-hybridized carbons (Fsp3) is 0. The normalized spacial score (nSPS) is 12.5. The van der Waals surface area contributed by atoms with E-state index >= 15 is 0 Å². The van der Waals surface area contributed by atoms with E-state index < -0.39 is 0 Å². The molecule has 0 unspecified atom stereocenters. The molecule has 0 fully saturated rings. The number of nitrogens with zero attached hydrogens (tertiary/aromatic N) is 3. The minimum Gasteiger partial charge on any atom is -0.354 e. The van der Waals surface area contributed by atoms with Crippen molar-refractivity contribution in [3.63, 3.8) is 0 Å². The third kappa shape index (κ3) is 1.26.